The van der Waals surface area contributed by atoms with Gasteiger partial charge in [0.1, 0.15) is 11.2 Å². The van der Waals surface area contributed by atoms with E-state index in [2.05, 4.69) is 17.3 Å². The number of nitrogens with one attached hydrogen (secondary N) is 1. The molecule has 4 aliphatic carbocycles. The number of rotatable bonds is 3. The van der Waals surface area contributed by atoms with Crippen LogP contribution in [0, 0.1) is 17.3 Å². The number of amides is 1. The number of hydrogen-bond donors (Lipinski definition) is 1. The first-order valence-corrected chi connectivity index (χ1v) is 9.33. The van der Waals surface area contributed by atoms with Gasteiger partial charge in [-0.2, -0.15) is 5.10 Å². The summed E-state index contributed by atoms with van der Waals surface area (Å²) in [4.78, 5) is 13.1. The van der Waals surface area contributed by atoms with Gasteiger partial charge in [0.15, 0.2) is 0 Å². The first-order valence-electron chi connectivity index (χ1n) is 9.33. The zero-order valence-corrected chi connectivity index (χ0v) is 14.6. The van der Waals surface area contributed by atoms with Crippen LogP contribution in [0.15, 0.2) is 18.6 Å². The van der Waals surface area contributed by atoms with Crippen LogP contribution in [-0.4, -0.2) is 25.6 Å². The van der Waals surface area contributed by atoms with Crippen LogP contribution < -0.4 is 5.32 Å². The molecule has 5 heteroatoms. The third-order valence-electron chi connectivity index (χ3n) is 7.09. The Balaban J connectivity index is 1.47. The van der Waals surface area contributed by atoms with E-state index in [1.165, 1.54) is 44.9 Å². The van der Waals surface area contributed by atoms with Crippen LogP contribution in [0.4, 0.5) is 0 Å². The van der Waals surface area contributed by atoms with Gasteiger partial charge < -0.3 is 9.88 Å². The maximum absolute atomic E-state index is 13.1. The molecule has 4 saturated carbocycles. The van der Waals surface area contributed by atoms with E-state index in [1.807, 2.05) is 24.0 Å². The molecule has 4 atom stereocenters. The molecule has 24 heavy (non-hydrogen) atoms. The molecular weight excluding hydrogens is 300 g/mol. The Morgan fingerprint density at radius 2 is 2.04 bits per heavy atom. The summed E-state index contributed by atoms with van der Waals surface area (Å²) in [5.74, 6) is 1.68. The molecule has 2 heterocycles. The standard InChI is InChI=1S/C19H26N4O/c1-3-18-7-13-6-14(8-18)10-19(9-13,12-18)21-16(24)15-11-20-23-5-4-22(2)17(15)23/h4-5,11,13-14H,3,6-10,12H2,1-2H3,(H,21,24)/t13-,14+,18?,19?. The summed E-state index contributed by atoms with van der Waals surface area (Å²) in [6, 6.07) is 0. The lowest BCUT2D eigenvalue weighted by Crippen LogP contribution is -2.63. The van der Waals surface area contributed by atoms with Crippen molar-refractivity contribution in [2.75, 3.05) is 0 Å². The number of hydrogen-bond acceptors (Lipinski definition) is 2. The lowest BCUT2D eigenvalue weighted by atomic mass is 9.46. The lowest BCUT2D eigenvalue weighted by Gasteiger charge is -2.62. The summed E-state index contributed by atoms with van der Waals surface area (Å²) in [6.45, 7) is 2.34. The van der Waals surface area contributed by atoms with E-state index >= 15 is 0 Å². The number of carbonyl (C=O) groups excluding carboxylic acids is 1. The number of aryl methyl sites for hydroxylation is 1. The molecule has 0 saturated heterocycles. The molecule has 2 aromatic rings. The van der Waals surface area contributed by atoms with Crippen LogP contribution in [0.25, 0.3) is 5.65 Å². The second-order valence-electron chi connectivity index (χ2n) is 8.78. The van der Waals surface area contributed by atoms with Gasteiger partial charge >= 0.3 is 0 Å². The van der Waals surface area contributed by atoms with Crippen molar-refractivity contribution in [1.82, 2.24) is 19.5 Å². The number of fused-ring (bicyclic) bond motifs is 1. The first-order chi connectivity index (χ1) is 11.5. The zero-order valence-electron chi connectivity index (χ0n) is 14.6. The van der Waals surface area contributed by atoms with Crippen molar-refractivity contribution >= 4 is 11.6 Å². The van der Waals surface area contributed by atoms with Gasteiger partial charge in [-0.3, -0.25) is 4.79 Å². The van der Waals surface area contributed by atoms with Crippen LogP contribution in [-0.2, 0) is 7.05 Å². The molecule has 6 rings (SSSR count). The fourth-order valence-corrected chi connectivity index (χ4v) is 6.53. The molecule has 4 fully saturated rings. The Morgan fingerprint density at radius 3 is 2.75 bits per heavy atom. The predicted molar refractivity (Wildman–Crippen MR) is 91.8 cm³/mol. The minimum absolute atomic E-state index is 0.0244. The van der Waals surface area contributed by atoms with E-state index in [4.69, 9.17) is 0 Å². The number of imidazole rings is 1. The minimum atomic E-state index is 0.0244. The Bertz CT molecular complexity index is 803. The van der Waals surface area contributed by atoms with Crippen LogP contribution in [0.2, 0.25) is 0 Å². The van der Waals surface area contributed by atoms with Crippen molar-refractivity contribution in [2.45, 2.75) is 57.4 Å². The van der Waals surface area contributed by atoms with Crippen molar-refractivity contribution in [1.29, 1.82) is 0 Å². The van der Waals surface area contributed by atoms with Crippen molar-refractivity contribution in [2.24, 2.45) is 24.3 Å². The summed E-state index contributed by atoms with van der Waals surface area (Å²) in [6.07, 6.45) is 14.5. The predicted octanol–water partition coefficient (Wildman–Crippen LogP) is 3.15. The molecule has 1 amide bonds. The maximum atomic E-state index is 13.1. The fourth-order valence-electron chi connectivity index (χ4n) is 6.53. The Kier molecular flexibility index (Phi) is 2.82. The third-order valence-corrected chi connectivity index (χ3v) is 7.09. The lowest BCUT2D eigenvalue weighted by molar-refractivity contribution is -0.0794. The van der Waals surface area contributed by atoms with Gasteiger partial charge in [-0.05, 0) is 55.8 Å². The van der Waals surface area contributed by atoms with E-state index in [9.17, 15) is 4.79 Å². The molecule has 1 N–H and O–H groups in total. The normalized spacial score (nSPS) is 37.2. The summed E-state index contributed by atoms with van der Waals surface area (Å²) in [7, 11) is 1.96. The van der Waals surface area contributed by atoms with E-state index in [0.717, 1.165) is 17.5 Å². The molecular formula is C19H26N4O. The van der Waals surface area contributed by atoms with Crippen LogP contribution >= 0.6 is 0 Å². The van der Waals surface area contributed by atoms with Gasteiger partial charge in [-0.25, -0.2) is 4.52 Å². The molecule has 0 radical (unpaired) electrons. The largest absolute Gasteiger partial charge is 0.346 e. The van der Waals surface area contributed by atoms with Gasteiger partial charge in [-0.15, -0.1) is 0 Å². The molecule has 128 valence electrons. The zero-order chi connectivity index (χ0) is 16.5. The molecule has 0 spiro atoms. The Hall–Kier alpha value is -1.78. The number of aromatic nitrogens is 3. The molecule has 5 nitrogen and oxygen atoms in total. The van der Waals surface area contributed by atoms with E-state index in [1.54, 1.807) is 10.7 Å². The van der Waals surface area contributed by atoms with Gasteiger partial charge in [0.25, 0.3) is 5.91 Å². The summed E-state index contributed by atoms with van der Waals surface area (Å²) < 4.78 is 3.75. The molecule has 0 aromatic carbocycles. The number of carbonyl (C=O) groups is 1. The molecule has 4 aliphatic rings. The van der Waals surface area contributed by atoms with Crippen molar-refractivity contribution in [3.05, 3.63) is 24.2 Å². The van der Waals surface area contributed by atoms with Crippen LogP contribution in [0.1, 0.15) is 62.2 Å². The highest BCUT2D eigenvalue weighted by Gasteiger charge is 2.57. The topological polar surface area (TPSA) is 51.3 Å². The average Bonchev–Trinajstić information content (AvgIpc) is 3.09. The highest BCUT2D eigenvalue weighted by molar-refractivity contribution is 6.00. The molecule has 4 bridgehead atoms. The van der Waals surface area contributed by atoms with Gasteiger partial charge in [0, 0.05) is 25.0 Å². The Labute approximate surface area is 142 Å². The van der Waals surface area contributed by atoms with Crippen LogP contribution in [0.3, 0.4) is 0 Å². The maximum Gasteiger partial charge on any atom is 0.257 e. The van der Waals surface area contributed by atoms with Gasteiger partial charge in [0.05, 0.1) is 6.20 Å². The van der Waals surface area contributed by atoms with E-state index in [-0.39, 0.29) is 11.4 Å². The highest BCUT2D eigenvalue weighted by atomic mass is 16.1. The molecule has 0 aliphatic heterocycles. The monoisotopic (exact) mass is 326 g/mol. The second-order valence-corrected chi connectivity index (χ2v) is 8.78. The molecule has 2 aromatic heterocycles. The highest BCUT2D eigenvalue weighted by Crippen LogP contribution is 2.62. The van der Waals surface area contributed by atoms with E-state index < -0.39 is 0 Å². The van der Waals surface area contributed by atoms with Crippen molar-refractivity contribution in [3.63, 3.8) is 0 Å². The minimum Gasteiger partial charge on any atom is -0.346 e. The van der Waals surface area contributed by atoms with E-state index in [0.29, 0.717) is 11.0 Å². The summed E-state index contributed by atoms with van der Waals surface area (Å²) in [5.41, 5.74) is 2.08. The smallest absolute Gasteiger partial charge is 0.257 e. The fraction of sp³-hybridized carbons (Fsp3) is 0.684. The third kappa shape index (κ3) is 1.93. The quantitative estimate of drug-likeness (QED) is 0.942. The van der Waals surface area contributed by atoms with Gasteiger partial charge in [-0.1, -0.05) is 13.3 Å². The SMILES string of the molecule is CCC12C[C@H]3C[C@@H](C1)CC(NC(=O)c1cnn4ccn(C)c14)(C3)C2. The Morgan fingerprint density at radius 1 is 1.29 bits per heavy atom. The summed E-state index contributed by atoms with van der Waals surface area (Å²) >= 11 is 0. The number of nitrogens with zero attached hydrogens (tertiary/aromatic N) is 3. The summed E-state index contributed by atoms with van der Waals surface area (Å²) in [5, 5.41) is 7.81. The van der Waals surface area contributed by atoms with Crippen molar-refractivity contribution in [3.8, 4) is 0 Å². The first kappa shape index (κ1) is 14.6. The second kappa shape index (κ2) is 4.64. The van der Waals surface area contributed by atoms with Gasteiger partial charge in [0.2, 0.25) is 0 Å². The van der Waals surface area contributed by atoms with Crippen molar-refractivity contribution < 1.29 is 4.79 Å². The van der Waals surface area contributed by atoms with Crippen LogP contribution in [0.5, 0.6) is 0 Å². The molecule has 2 unspecified atom stereocenters. The average molecular weight is 326 g/mol.